The van der Waals surface area contributed by atoms with Gasteiger partial charge in [0, 0.05) is 10.0 Å². The van der Waals surface area contributed by atoms with Gasteiger partial charge < -0.3 is 5.11 Å². The van der Waals surface area contributed by atoms with E-state index in [0.29, 0.717) is 5.92 Å². The Labute approximate surface area is 111 Å². The first-order valence-corrected chi connectivity index (χ1v) is 7.01. The molecule has 0 bridgehead atoms. The van der Waals surface area contributed by atoms with Crippen LogP contribution in [-0.2, 0) is 0 Å². The van der Waals surface area contributed by atoms with Crippen LogP contribution >= 0.6 is 15.9 Å². The standard InChI is InChI=1S/C15H17BrO/c16-14-9-5-4-6-12(14)10-11-15(17)13-7-2-1-3-8-13/h4-6,9,13,15,17H,1-3,7-8H2. The minimum atomic E-state index is -0.470. The number of halogens is 1. The third kappa shape index (κ3) is 3.59. The minimum Gasteiger partial charge on any atom is -0.380 e. The maximum atomic E-state index is 10.0. The molecule has 0 aromatic heterocycles. The number of hydrogen-bond acceptors (Lipinski definition) is 1. The van der Waals surface area contributed by atoms with Gasteiger partial charge in [0.2, 0.25) is 0 Å². The van der Waals surface area contributed by atoms with E-state index in [0.717, 1.165) is 22.9 Å². The van der Waals surface area contributed by atoms with Crippen LogP contribution in [0.2, 0.25) is 0 Å². The summed E-state index contributed by atoms with van der Waals surface area (Å²) < 4.78 is 0.989. The van der Waals surface area contributed by atoms with E-state index in [9.17, 15) is 5.11 Å². The van der Waals surface area contributed by atoms with Crippen LogP contribution in [0.4, 0.5) is 0 Å². The summed E-state index contributed by atoms with van der Waals surface area (Å²) in [5, 5.41) is 10.0. The van der Waals surface area contributed by atoms with E-state index in [2.05, 4.69) is 27.8 Å². The molecular formula is C15H17BrO. The van der Waals surface area contributed by atoms with Crippen molar-refractivity contribution in [2.75, 3.05) is 0 Å². The van der Waals surface area contributed by atoms with Crippen molar-refractivity contribution < 1.29 is 5.11 Å². The monoisotopic (exact) mass is 292 g/mol. The Balaban J connectivity index is 2.03. The molecule has 1 aromatic carbocycles. The largest absolute Gasteiger partial charge is 0.380 e. The maximum Gasteiger partial charge on any atom is 0.117 e. The van der Waals surface area contributed by atoms with Gasteiger partial charge in [-0.2, -0.15) is 0 Å². The van der Waals surface area contributed by atoms with Crippen molar-refractivity contribution in [3.63, 3.8) is 0 Å². The van der Waals surface area contributed by atoms with E-state index in [1.165, 1.54) is 19.3 Å². The quantitative estimate of drug-likeness (QED) is 0.782. The van der Waals surface area contributed by atoms with Crippen LogP contribution in [0.15, 0.2) is 28.7 Å². The van der Waals surface area contributed by atoms with Gasteiger partial charge in [0.15, 0.2) is 0 Å². The average molecular weight is 293 g/mol. The second-order valence-electron chi connectivity index (χ2n) is 4.59. The highest BCUT2D eigenvalue weighted by Gasteiger charge is 2.19. The molecule has 2 heteroatoms. The first kappa shape index (κ1) is 12.7. The Morgan fingerprint density at radius 3 is 2.59 bits per heavy atom. The molecule has 90 valence electrons. The second kappa shape index (κ2) is 6.23. The molecule has 1 aliphatic rings. The summed E-state index contributed by atoms with van der Waals surface area (Å²) in [6.45, 7) is 0. The molecular weight excluding hydrogens is 276 g/mol. The summed E-state index contributed by atoms with van der Waals surface area (Å²) in [7, 11) is 0. The van der Waals surface area contributed by atoms with Crippen molar-refractivity contribution >= 4 is 15.9 Å². The number of aliphatic hydroxyl groups excluding tert-OH is 1. The molecule has 1 atom stereocenters. The van der Waals surface area contributed by atoms with Gasteiger partial charge >= 0.3 is 0 Å². The van der Waals surface area contributed by atoms with E-state index in [1.807, 2.05) is 24.3 Å². The third-order valence-corrected chi connectivity index (χ3v) is 4.02. The van der Waals surface area contributed by atoms with Gasteiger partial charge in [-0.3, -0.25) is 0 Å². The van der Waals surface area contributed by atoms with Crippen molar-refractivity contribution in [1.82, 2.24) is 0 Å². The number of benzene rings is 1. The van der Waals surface area contributed by atoms with Crippen LogP contribution in [0.5, 0.6) is 0 Å². The van der Waals surface area contributed by atoms with Crippen molar-refractivity contribution in [3.8, 4) is 11.8 Å². The molecule has 1 nitrogen and oxygen atoms in total. The highest BCUT2D eigenvalue weighted by molar-refractivity contribution is 9.10. The summed E-state index contributed by atoms with van der Waals surface area (Å²) >= 11 is 3.46. The van der Waals surface area contributed by atoms with Gasteiger partial charge in [0.05, 0.1) is 0 Å². The van der Waals surface area contributed by atoms with Crippen molar-refractivity contribution in [2.45, 2.75) is 38.2 Å². The molecule has 1 N–H and O–H groups in total. The van der Waals surface area contributed by atoms with Crippen molar-refractivity contribution in [2.24, 2.45) is 5.92 Å². The van der Waals surface area contributed by atoms with E-state index < -0.39 is 6.10 Å². The molecule has 0 radical (unpaired) electrons. The zero-order valence-corrected chi connectivity index (χ0v) is 11.4. The van der Waals surface area contributed by atoms with E-state index in [4.69, 9.17) is 0 Å². The van der Waals surface area contributed by atoms with Crippen molar-refractivity contribution in [1.29, 1.82) is 0 Å². The second-order valence-corrected chi connectivity index (χ2v) is 5.45. The average Bonchev–Trinajstić information content (AvgIpc) is 2.38. The Kier molecular flexibility index (Phi) is 4.65. The first-order valence-electron chi connectivity index (χ1n) is 6.21. The molecule has 0 saturated heterocycles. The Morgan fingerprint density at radius 1 is 1.18 bits per heavy atom. The van der Waals surface area contributed by atoms with Crippen LogP contribution in [-0.4, -0.2) is 11.2 Å². The predicted octanol–water partition coefficient (Wildman–Crippen LogP) is 3.74. The highest BCUT2D eigenvalue weighted by atomic mass is 79.9. The van der Waals surface area contributed by atoms with Crippen molar-refractivity contribution in [3.05, 3.63) is 34.3 Å². The fourth-order valence-electron chi connectivity index (χ4n) is 2.28. The molecule has 0 spiro atoms. The zero-order chi connectivity index (χ0) is 12.1. The van der Waals surface area contributed by atoms with E-state index >= 15 is 0 Å². The predicted molar refractivity (Wildman–Crippen MR) is 73.6 cm³/mol. The normalized spacial score (nSPS) is 18.2. The lowest BCUT2D eigenvalue weighted by Crippen LogP contribution is -2.21. The molecule has 1 unspecified atom stereocenters. The smallest absolute Gasteiger partial charge is 0.117 e. The minimum absolute atomic E-state index is 0.374. The maximum absolute atomic E-state index is 10.0. The summed E-state index contributed by atoms with van der Waals surface area (Å²) in [5.74, 6) is 6.42. The summed E-state index contributed by atoms with van der Waals surface area (Å²) in [6, 6.07) is 7.86. The molecule has 1 aliphatic carbocycles. The fourth-order valence-corrected chi connectivity index (χ4v) is 2.67. The van der Waals surface area contributed by atoms with Gasteiger partial charge in [0.25, 0.3) is 0 Å². The topological polar surface area (TPSA) is 20.2 Å². The summed E-state index contributed by atoms with van der Waals surface area (Å²) in [6.07, 6.45) is 5.54. The van der Waals surface area contributed by atoms with Gasteiger partial charge in [0.1, 0.15) is 6.10 Å². The fraction of sp³-hybridized carbons (Fsp3) is 0.467. The summed E-state index contributed by atoms with van der Waals surface area (Å²) in [4.78, 5) is 0. The van der Waals surface area contributed by atoms with Gasteiger partial charge in [-0.15, -0.1) is 0 Å². The van der Waals surface area contributed by atoms with Gasteiger partial charge in [-0.25, -0.2) is 0 Å². The first-order chi connectivity index (χ1) is 8.27. The van der Waals surface area contributed by atoms with Crippen LogP contribution in [0, 0.1) is 17.8 Å². The summed E-state index contributed by atoms with van der Waals surface area (Å²) in [5.41, 5.74) is 0.947. The SMILES string of the molecule is OC(C#Cc1ccccc1Br)C1CCCCC1. The Bertz CT molecular complexity index is 424. The Morgan fingerprint density at radius 2 is 1.88 bits per heavy atom. The number of hydrogen-bond donors (Lipinski definition) is 1. The number of aliphatic hydroxyl groups is 1. The van der Waals surface area contributed by atoms with Gasteiger partial charge in [-0.1, -0.05) is 43.2 Å². The highest BCUT2D eigenvalue weighted by Crippen LogP contribution is 2.26. The molecule has 17 heavy (non-hydrogen) atoms. The third-order valence-electron chi connectivity index (χ3n) is 3.32. The van der Waals surface area contributed by atoms with Gasteiger partial charge in [-0.05, 0) is 46.8 Å². The lowest BCUT2D eigenvalue weighted by Gasteiger charge is -2.23. The van der Waals surface area contributed by atoms with E-state index in [1.54, 1.807) is 0 Å². The lowest BCUT2D eigenvalue weighted by molar-refractivity contribution is 0.133. The molecule has 0 aliphatic heterocycles. The molecule has 2 rings (SSSR count). The Hall–Kier alpha value is -0.780. The van der Waals surface area contributed by atoms with Crippen LogP contribution in [0.3, 0.4) is 0 Å². The number of rotatable bonds is 1. The zero-order valence-electron chi connectivity index (χ0n) is 9.82. The van der Waals surface area contributed by atoms with Crippen LogP contribution < -0.4 is 0 Å². The molecule has 1 fully saturated rings. The molecule has 1 aromatic rings. The lowest BCUT2D eigenvalue weighted by atomic mass is 9.85. The van der Waals surface area contributed by atoms with Crippen LogP contribution in [0.1, 0.15) is 37.7 Å². The molecule has 0 heterocycles. The van der Waals surface area contributed by atoms with Crippen LogP contribution in [0.25, 0.3) is 0 Å². The molecule has 1 saturated carbocycles. The molecule has 0 amide bonds. The van der Waals surface area contributed by atoms with E-state index in [-0.39, 0.29) is 0 Å².